The second-order valence-corrected chi connectivity index (χ2v) is 18.1. The van der Waals surface area contributed by atoms with Crippen LogP contribution in [0.25, 0.3) is 54.9 Å². The molecule has 316 valence electrons. The van der Waals surface area contributed by atoms with Crippen molar-refractivity contribution in [1.82, 2.24) is 0 Å². The molecule has 0 bridgehead atoms. The van der Waals surface area contributed by atoms with Crippen molar-refractivity contribution >= 4 is 32.9 Å². The van der Waals surface area contributed by atoms with Gasteiger partial charge in [0.2, 0.25) is 0 Å². The molecule has 0 fully saturated rings. The lowest BCUT2D eigenvalue weighted by molar-refractivity contribution is 0.467. The van der Waals surface area contributed by atoms with Crippen LogP contribution >= 0.6 is 0 Å². The highest BCUT2D eigenvalue weighted by Crippen LogP contribution is 2.62. The molecule has 2 aliphatic carbocycles. The Hall–Kier alpha value is -8.46. The molecule has 2 N–H and O–H groups in total. The second-order valence-electron chi connectivity index (χ2n) is 18.1. The van der Waals surface area contributed by atoms with Crippen molar-refractivity contribution in [2.45, 2.75) is 17.8 Å². The fourth-order valence-corrected chi connectivity index (χ4v) is 12.2. The normalized spacial score (nSPS) is 15.2. The van der Waals surface area contributed by atoms with Crippen LogP contribution in [0.4, 0.5) is 11.4 Å². The smallest absolute Gasteiger partial charge is 0.128 e. The monoisotopic (exact) mass is 855 g/mol. The zero-order valence-electron chi connectivity index (χ0n) is 37.0. The van der Waals surface area contributed by atoms with Gasteiger partial charge in [0.15, 0.2) is 0 Å². The first-order valence-corrected chi connectivity index (χ1v) is 23.2. The molecule has 0 spiro atoms. The molecule has 0 aliphatic heterocycles. The Morgan fingerprint density at radius 2 is 0.836 bits per heavy atom. The zero-order valence-corrected chi connectivity index (χ0v) is 37.0. The molecule has 1 atom stereocenters. The van der Waals surface area contributed by atoms with E-state index in [1.165, 1.54) is 72.0 Å². The molecule has 0 saturated heterocycles. The van der Waals surface area contributed by atoms with Crippen molar-refractivity contribution in [3.63, 3.8) is 0 Å². The highest BCUT2D eigenvalue weighted by atomic mass is 16.3. The standard InChI is InChI=1S/C65H45NO/c1-42-49-24-10-8-18-43(49)36-40-54(42)65(59-41-37-44-19-9-11-25-51(44)63(59)67)56-30-15-12-26-52(56)61-50(28-16-31-57(61)65)45-34-38-48(39-35-45)66-60-33-17-32-58-62(60)53-27-13-14-29-55(53)64(58,46-20-4-2-5-21-46)47-22-6-3-7-23-47/h2-41,66-67H,1H3. The molecular formula is C65H45NO. The molecule has 0 heterocycles. The largest absolute Gasteiger partial charge is 0.507 e. The molecule has 2 nitrogen and oxygen atoms in total. The summed E-state index contributed by atoms with van der Waals surface area (Å²) in [5.41, 5.74) is 18.6. The summed E-state index contributed by atoms with van der Waals surface area (Å²) in [5.74, 6) is 0.314. The average Bonchev–Trinajstić information content (AvgIpc) is 3.87. The van der Waals surface area contributed by atoms with E-state index in [1.807, 2.05) is 18.2 Å². The Morgan fingerprint density at radius 3 is 1.52 bits per heavy atom. The number of nitrogens with one attached hydrogen (secondary N) is 1. The Bertz CT molecular complexity index is 3610. The van der Waals surface area contributed by atoms with Crippen molar-refractivity contribution < 1.29 is 5.11 Å². The molecule has 67 heavy (non-hydrogen) atoms. The van der Waals surface area contributed by atoms with E-state index < -0.39 is 10.8 Å². The number of phenolic OH excluding ortho intramolecular Hbond substituents is 1. The first-order valence-electron chi connectivity index (χ1n) is 23.2. The molecular weight excluding hydrogens is 811 g/mol. The molecule has 2 heteroatoms. The number of anilines is 2. The fourth-order valence-electron chi connectivity index (χ4n) is 12.2. The van der Waals surface area contributed by atoms with Gasteiger partial charge in [-0.2, -0.15) is 0 Å². The summed E-state index contributed by atoms with van der Waals surface area (Å²) in [4.78, 5) is 0. The van der Waals surface area contributed by atoms with E-state index in [0.717, 1.165) is 44.4 Å². The van der Waals surface area contributed by atoms with Crippen molar-refractivity contribution in [3.05, 3.63) is 293 Å². The van der Waals surface area contributed by atoms with Crippen LogP contribution in [-0.4, -0.2) is 5.11 Å². The van der Waals surface area contributed by atoms with Crippen LogP contribution in [0.1, 0.15) is 50.1 Å². The van der Waals surface area contributed by atoms with Crippen LogP contribution < -0.4 is 5.32 Å². The lowest BCUT2D eigenvalue weighted by Crippen LogP contribution is -2.30. The van der Waals surface area contributed by atoms with Crippen LogP contribution in [0.5, 0.6) is 5.75 Å². The molecule has 1 unspecified atom stereocenters. The summed E-state index contributed by atoms with van der Waals surface area (Å²) in [5, 5.41) is 20.8. The lowest BCUT2D eigenvalue weighted by Gasteiger charge is -2.36. The van der Waals surface area contributed by atoms with Gasteiger partial charge in [0.1, 0.15) is 5.75 Å². The molecule has 0 aromatic heterocycles. The van der Waals surface area contributed by atoms with Crippen LogP contribution in [0.3, 0.4) is 0 Å². The van der Waals surface area contributed by atoms with Crippen LogP contribution in [0, 0.1) is 6.92 Å². The first kappa shape index (κ1) is 39.0. The van der Waals surface area contributed by atoms with E-state index >= 15 is 0 Å². The van der Waals surface area contributed by atoms with Crippen molar-refractivity contribution in [1.29, 1.82) is 0 Å². The molecule has 0 saturated carbocycles. The third-order valence-electron chi connectivity index (χ3n) is 14.9. The number of hydrogen-bond donors (Lipinski definition) is 2. The van der Waals surface area contributed by atoms with Gasteiger partial charge in [-0.1, -0.05) is 224 Å². The third-order valence-corrected chi connectivity index (χ3v) is 14.9. The lowest BCUT2D eigenvalue weighted by atomic mass is 9.65. The summed E-state index contributed by atoms with van der Waals surface area (Å²) < 4.78 is 0. The minimum atomic E-state index is -0.801. The van der Waals surface area contributed by atoms with E-state index in [1.54, 1.807) is 0 Å². The van der Waals surface area contributed by atoms with Gasteiger partial charge in [-0.3, -0.25) is 0 Å². The fraction of sp³-hybridized carbons (Fsp3) is 0.0462. The maximum absolute atomic E-state index is 12.6. The first-order chi connectivity index (χ1) is 33.1. The van der Waals surface area contributed by atoms with E-state index in [4.69, 9.17) is 0 Å². The zero-order chi connectivity index (χ0) is 44.7. The summed E-state index contributed by atoms with van der Waals surface area (Å²) in [7, 11) is 0. The summed E-state index contributed by atoms with van der Waals surface area (Å²) >= 11 is 0. The van der Waals surface area contributed by atoms with Gasteiger partial charge in [-0.25, -0.2) is 0 Å². The minimum absolute atomic E-state index is 0.314. The maximum Gasteiger partial charge on any atom is 0.128 e. The van der Waals surface area contributed by atoms with Gasteiger partial charge in [0, 0.05) is 27.9 Å². The number of hydrogen-bond acceptors (Lipinski definition) is 2. The summed E-state index contributed by atoms with van der Waals surface area (Å²) in [6, 6.07) is 87.8. The Morgan fingerprint density at radius 1 is 0.343 bits per heavy atom. The number of benzene rings is 11. The highest BCUT2D eigenvalue weighted by molar-refractivity contribution is 6.00. The molecule has 0 radical (unpaired) electrons. The van der Waals surface area contributed by atoms with E-state index in [2.05, 4.69) is 237 Å². The number of phenols is 1. The van der Waals surface area contributed by atoms with Gasteiger partial charge in [0.25, 0.3) is 0 Å². The van der Waals surface area contributed by atoms with Crippen molar-refractivity contribution in [2.75, 3.05) is 5.32 Å². The van der Waals surface area contributed by atoms with Gasteiger partial charge in [0.05, 0.1) is 10.8 Å². The second kappa shape index (κ2) is 15.1. The van der Waals surface area contributed by atoms with Crippen LogP contribution in [-0.2, 0) is 10.8 Å². The van der Waals surface area contributed by atoms with Gasteiger partial charge in [-0.15, -0.1) is 0 Å². The topological polar surface area (TPSA) is 32.3 Å². The minimum Gasteiger partial charge on any atom is -0.507 e. The molecule has 13 rings (SSSR count). The predicted octanol–water partition coefficient (Wildman–Crippen LogP) is 16.1. The van der Waals surface area contributed by atoms with E-state index in [9.17, 15) is 5.11 Å². The third kappa shape index (κ3) is 5.51. The van der Waals surface area contributed by atoms with Crippen LogP contribution in [0.15, 0.2) is 243 Å². The van der Waals surface area contributed by atoms with Crippen LogP contribution in [0.2, 0.25) is 0 Å². The summed E-state index contributed by atoms with van der Waals surface area (Å²) in [6.45, 7) is 2.25. The average molecular weight is 856 g/mol. The van der Waals surface area contributed by atoms with E-state index in [-0.39, 0.29) is 0 Å². The molecule has 0 amide bonds. The molecule has 11 aromatic carbocycles. The van der Waals surface area contributed by atoms with Gasteiger partial charge in [-0.05, 0) is 114 Å². The van der Waals surface area contributed by atoms with Gasteiger partial charge >= 0.3 is 0 Å². The van der Waals surface area contributed by atoms with Crippen molar-refractivity contribution in [3.8, 4) is 39.1 Å². The van der Waals surface area contributed by atoms with E-state index in [0.29, 0.717) is 5.75 Å². The number of fused-ring (bicyclic) bond motifs is 8. The summed E-state index contributed by atoms with van der Waals surface area (Å²) in [6.07, 6.45) is 0. The van der Waals surface area contributed by atoms with Crippen molar-refractivity contribution in [2.24, 2.45) is 0 Å². The Labute approximate surface area is 391 Å². The Kier molecular flexibility index (Phi) is 8.75. The highest BCUT2D eigenvalue weighted by Gasteiger charge is 2.50. The molecule has 11 aromatic rings. The number of aryl methyl sites for hydroxylation is 1. The molecule has 2 aliphatic rings. The quantitative estimate of drug-likeness (QED) is 0.167. The number of aromatic hydroxyl groups is 1. The number of rotatable bonds is 7. The van der Waals surface area contributed by atoms with Gasteiger partial charge < -0.3 is 10.4 Å². The SMILES string of the molecule is Cc1c(C2(c3ccc4ccccc4c3O)c3ccccc3-c3c(-c4ccc(Nc5cccc6c5-c5ccccc5C6(c5ccccc5)c5ccccc5)cc4)cccc32)ccc2ccccc12. The maximum atomic E-state index is 12.6. The Balaban J connectivity index is 0.967. The predicted molar refractivity (Wildman–Crippen MR) is 278 cm³/mol.